The van der Waals surface area contributed by atoms with Crippen molar-refractivity contribution >= 4 is 13.3 Å². The minimum atomic E-state index is -2.00. The maximum Gasteiger partial charge on any atom is 0.428 e. The number of benzene rings is 2. The van der Waals surface area contributed by atoms with Crippen LogP contribution < -0.4 is 0 Å². The standard InChI is InChI=1S/C21H26O2P/c1-5-6-12-19(18-10-8-7-9-11-18)24(23)21(22)20-16(3)13-15(2)14-17(20)4/h7-11,13-14,19H,5-6,12H2,1-4H3/q+1. The lowest BCUT2D eigenvalue weighted by molar-refractivity contribution is 0.107. The van der Waals surface area contributed by atoms with Crippen LogP contribution in [-0.4, -0.2) is 5.52 Å². The summed E-state index contributed by atoms with van der Waals surface area (Å²) in [5.41, 5.74) is 4.20. The smallest absolute Gasteiger partial charge is 0.234 e. The summed E-state index contributed by atoms with van der Waals surface area (Å²) < 4.78 is 13.1. The molecule has 2 aromatic rings. The lowest BCUT2D eigenvalue weighted by Gasteiger charge is -2.09. The molecule has 0 aliphatic carbocycles. The maximum atomic E-state index is 13.1. The number of carbonyl (C=O) groups excluding carboxylic acids is 1. The van der Waals surface area contributed by atoms with Gasteiger partial charge in [0.1, 0.15) is 0 Å². The molecule has 2 rings (SSSR count). The molecule has 2 nitrogen and oxygen atoms in total. The molecule has 0 fully saturated rings. The molecule has 0 amide bonds. The average molecular weight is 341 g/mol. The van der Waals surface area contributed by atoms with Crippen LogP contribution in [0.3, 0.4) is 0 Å². The van der Waals surface area contributed by atoms with E-state index >= 15 is 0 Å². The molecule has 24 heavy (non-hydrogen) atoms. The van der Waals surface area contributed by atoms with Gasteiger partial charge in [0.05, 0.1) is 5.56 Å². The SMILES string of the molecule is CCCCC(c1ccccc1)[P+](=O)C(=O)c1c(C)cc(C)cc1C. The Kier molecular flexibility index (Phi) is 6.45. The van der Waals surface area contributed by atoms with E-state index in [9.17, 15) is 9.36 Å². The van der Waals surface area contributed by atoms with Crippen molar-refractivity contribution in [1.82, 2.24) is 0 Å². The van der Waals surface area contributed by atoms with Gasteiger partial charge in [-0.1, -0.05) is 65.9 Å². The van der Waals surface area contributed by atoms with E-state index in [1.165, 1.54) is 0 Å². The number of rotatable bonds is 7. The van der Waals surface area contributed by atoms with Crippen LogP contribution in [0.4, 0.5) is 0 Å². The average Bonchev–Trinajstić information content (AvgIpc) is 2.55. The summed E-state index contributed by atoms with van der Waals surface area (Å²) in [7, 11) is -2.00. The summed E-state index contributed by atoms with van der Waals surface area (Å²) in [6.45, 7) is 7.99. The molecule has 0 aliphatic heterocycles. The molecule has 0 saturated heterocycles. The quantitative estimate of drug-likeness (QED) is 0.538. The van der Waals surface area contributed by atoms with E-state index in [2.05, 4.69) is 6.92 Å². The number of hydrogen-bond donors (Lipinski definition) is 0. The van der Waals surface area contributed by atoms with Gasteiger partial charge in [0.25, 0.3) is 0 Å². The second-order valence-electron chi connectivity index (χ2n) is 6.47. The van der Waals surface area contributed by atoms with Crippen molar-refractivity contribution in [2.24, 2.45) is 0 Å². The van der Waals surface area contributed by atoms with E-state index in [4.69, 9.17) is 0 Å². The highest BCUT2D eigenvalue weighted by Gasteiger charge is 2.41. The van der Waals surface area contributed by atoms with Gasteiger partial charge < -0.3 is 0 Å². The molecule has 0 aliphatic rings. The summed E-state index contributed by atoms with van der Waals surface area (Å²) in [6, 6.07) is 13.8. The Balaban J connectivity index is 2.38. The van der Waals surface area contributed by atoms with E-state index in [0.717, 1.165) is 41.5 Å². The molecule has 0 saturated carbocycles. The Morgan fingerprint density at radius 2 is 1.62 bits per heavy atom. The fourth-order valence-electron chi connectivity index (χ4n) is 3.26. The second kappa shape index (κ2) is 8.35. The van der Waals surface area contributed by atoms with Crippen molar-refractivity contribution in [3.8, 4) is 0 Å². The van der Waals surface area contributed by atoms with Gasteiger partial charge in [-0.05, 0) is 44.7 Å². The van der Waals surface area contributed by atoms with Gasteiger partial charge in [0, 0.05) is 5.56 Å². The van der Waals surface area contributed by atoms with E-state index < -0.39 is 7.80 Å². The Morgan fingerprint density at radius 3 is 2.17 bits per heavy atom. The summed E-state index contributed by atoms with van der Waals surface area (Å²) in [4.78, 5) is 13.0. The van der Waals surface area contributed by atoms with Gasteiger partial charge in [-0.2, -0.15) is 0 Å². The van der Waals surface area contributed by atoms with Crippen molar-refractivity contribution in [3.63, 3.8) is 0 Å². The first-order valence-electron chi connectivity index (χ1n) is 8.59. The van der Waals surface area contributed by atoms with Crippen LogP contribution >= 0.6 is 7.80 Å². The Hall–Kier alpha value is -1.79. The predicted molar refractivity (Wildman–Crippen MR) is 101 cm³/mol. The highest BCUT2D eigenvalue weighted by atomic mass is 31.1. The van der Waals surface area contributed by atoms with E-state index in [1.807, 2.05) is 63.2 Å². The third kappa shape index (κ3) is 4.19. The topological polar surface area (TPSA) is 34.1 Å². The first-order valence-corrected chi connectivity index (χ1v) is 9.92. The Labute approximate surface area is 146 Å². The molecule has 2 atom stereocenters. The largest absolute Gasteiger partial charge is 0.428 e. The van der Waals surface area contributed by atoms with Crippen LogP contribution in [0.5, 0.6) is 0 Å². The normalized spacial score (nSPS) is 12.8. The second-order valence-corrected chi connectivity index (χ2v) is 8.15. The summed E-state index contributed by atoms with van der Waals surface area (Å²) in [5.74, 6) is 0. The molecule has 0 bridgehead atoms. The maximum absolute atomic E-state index is 13.1. The van der Waals surface area contributed by atoms with Gasteiger partial charge in [0.2, 0.25) is 0 Å². The molecule has 0 spiro atoms. The molecule has 126 valence electrons. The van der Waals surface area contributed by atoms with Crippen LogP contribution in [0.15, 0.2) is 42.5 Å². The van der Waals surface area contributed by atoms with Gasteiger partial charge in [-0.3, -0.25) is 0 Å². The summed E-state index contributed by atoms with van der Waals surface area (Å²) >= 11 is 0. The molecule has 0 radical (unpaired) electrons. The molecular formula is C21H26O2P+. The first kappa shape index (κ1) is 18.5. The number of carbonyl (C=O) groups is 1. The lowest BCUT2D eigenvalue weighted by atomic mass is 10.0. The lowest BCUT2D eigenvalue weighted by Crippen LogP contribution is -2.06. The number of hydrogen-bond acceptors (Lipinski definition) is 2. The highest BCUT2D eigenvalue weighted by Crippen LogP contribution is 2.47. The third-order valence-electron chi connectivity index (χ3n) is 4.39. The van der Waals surface area contributed by atoms with Crippen molar-refractivity contribution in [2.45, 2.75) is 52.6 Å². The van der Waals surface area contributed by atoms with Gasteiger partial charge in [0.15, 0.2) is 5.66 Å². The van der Waals surface area contributed by atoms with Gasteiger partial charge >= 0.3 is 13.3 Å². The molecule has 2 aromatic carbocycles. The minimum Gasteiger partial charge on any atom is -0.234 e. The van der Waals surface area contributed by atoms with Gasteiger partial charge in [-0.25, -0.2) is 4.79 Å². The highest BCUT2D eigenvalue weighted by molar-refractivity contribution is 7.64. The van der Waals surface area contributed by atoms with Crippen molar-refractivity contribution < 1.29 is 9.36 Å². The zero-order valence-corrected chi connectivity index (χ0v) is 15.9. The zero-order chi connectivity index (χ0) is 17.7. The fraction of sp³-hybridized carbons (Fsp3) is 0.381. The van der Waals surface area contributed by atoms with E-state index in [-0.39, 0.29) is 11.2 Å². The molecule has 3 heteroatoms. The van der Waals surface area contributed by atoms with E-state index in [1.54, 1.807) is 0 Å². The van der Waals surface area contributed by atoms with Crippen LogP contribution in [0.1, 0.15) is 64.5 Å². The van der Waals surface area contributed by atoms with Crippen molar-refractivity contribution in [3.05, 3.63) is 70.3 Å². The third-order valence-corrected chi connectivity index (χ3v) is 6.14. The Bertz CT molecular complexity index is 712. The number of unbranched alkanes of at least 4 members (excludes halogenated alkanes) is 1. The predicted octanol–water partition coefficient (Wildman–Crippen LogP) is 6.51. The van der Waals surface area contributed by atoms with Crippen molar-refractivity contribution in [2.75, 3.05) is 0 Å². The number of aryl methyl sites for hydroxylation is 3. The molecule has 2 unspecified atom stereocenters. The van der Waals surface area contributed by atoms with Crippen LogP contribution in [0, 0.1) is 20.8 Å². The van der Waals surface area contributed by atoms with Crippen LogP contribution in [-0.2, 0) is 4.57 Å². The van der Waals surface area contributed by atoms with E-state index in [0.29, 0.717) is 5.56 Å². The molecular weight excluding hydrogens is 315 g/mol. The molecule has 0 N–H and O–H groups in total. The zero-order valence-electron chi connectivity index (χ0n) is 15.0. The minimum absolute atomic E-state index is 0.200. The first-order chi connectivity index (χ1) is 11.5. The monoisotopic (exact) mass is 341 g/mol. The van der Waals surface area contributed by atoms with Crippen molar-refractivity contribution in [1.29, 1.82) is 0 Å². The summed E-state index contributed by atoms with van der Waals surface area (Å²) in [5, 5.41) is 0. The van der Waals surface area contributed by atoms with Crippen LogP contribution in [0.25, 0.3) is 0 Å². The summed E-state index contributed by atoms with van der Waals surface area (Å²) in [6.07, 6.45) is 2.79. The fourth-order valence-corrected chi connectivity index (χ4v) is 4.98. The van der Waals surface area contributed by atoms with Gasteiger partial charge in [-0.15, -0.1) is 0 Å². The molecule has 0 heterocycles. The molecule has 0 aromatic heterocycles. The van der Waals surface area contributed by atoms with Crippen LogP contribution in [0.2, 0.25) is 0 Å². The Morgan fingerprint density at radius 1 is 1.04 bits per heavy atom.